The van der Waals surface area contributed by atoms with Crippen molar-refractivity contribution in [2.24, 2.45) is 0 Å². The summed E-state index contributed by atoms with van der Waals surface area (Å²) < 4.78 is 41.9. The Labute approximate surface area is 188 Å². The van der Waals surface area contributed by atoms with E-state index in [1.165, 1.54) is 23.1 Å². The first-order valence-electron chi connectivity index (χ1n) is 9.28. The zero-order valence-corrected chi connectivity index (χ0v) is 17.7. The molecule has 10 nitrogen and oxygen atoms in total. The number of aromatic nitrogens is 7. The van der Waals surface area contributed by atoms with Crippen molar-refractivity contribution in [3.63, 3.8) is 0 Å². The highest BCUT2D eigenvalue weighted by Gasteiger charge is 2.35. The van der Waals surface area contributed by atoms with E-state index < -0.39 is 23.8 Å². The van der Waals surface area contributed by atoms with Crippen LogP contribution in [0, 0.1) is 0 Å². The van der Waals surface area contributed by atoms with Gasteiger partial charge in [0.2, 0.25) is 0 Å². The first-order chi connectivity index (χ1) is 15.6. The lowest BCUT2D eigenvalue weighted by molar-refractivity contribution is -0.136. The van der Waals surface area contributed by atoms with Crippen molar-refractivity contribution >= 4 is 34.3 Å². The Morgan fingerprint density at radius 3 is 2.52 bits per heavy atom. The molecule has 0 aliphatic rings. The molecule has 3 aromatic heterocycles. The molecular formula is C19H14ClF3N8O2. The molecule has 1 aromatic carbocycles. The number of rotatable bonds is 5. The van der Waals surface area contributed by atoms with E-state index in [1.54, 1.807) is 18.9 Å². The number of anilines is 1. The summed E-state index contributed by atoms with van der Waals surface area (Å²) in [6.07, 6.45) is -1.29. The van der Waals surface area contributed by atoms with Crippen LogP contribution in [0.25, 0.3) is 16.7 Å². The molecule has 0 saturated carbocycles. The standard InChI is InChI=1S/C19H14ClF3N8O2/c1-9(16-28-8-29-31(16)14-5-13(18(32)33)24-6-25-14)30(2)17-11-3-10(20)4-12(19(21,22)23)15(11)26-7-27-17/h3-9H,1-2H3,(H,32,33)/t9-/m0/s1. The minimum Gasteiger partial charge on any atom is -0.477 e. The van der Waals surface area contributed by atoms with Crippen LogP contribution < -0.4 is 4.90 Å². The first kappa shape index (κ1) is 22.3. The van der Waals surface area contributed by atoms with Crippen LogP contribution in [-0.2, 0) is 6.18 Å². The smallest absolute Gasteiger partial charge is 0.418 e. The lowest BCUT2D eigenvalue weighted by atomic mass is 10.1. The monoisotopic (exact) mass is 478 g/mol. The molecule has 0 spiro atoms. The van der Waals surface area contributed by atoms with Crippen LogP contribution in [0.4, 0.5) is 19.0 Å². The van der Waals surface area contributed by atoms with Gasteiger partial charge >= 0.3 is 12.1 Å². The Morgan fingerprint density at radius 1 is 1.09 bits per heavy atom. The van der Waals surface area contributed by atoms with Crippen LogP contribution in [0.2, 0.25) is 5.02 Å². The first-order valence-corrected chi connectivity index (χ1v) is 9.65. The summed E-state index contributed by atoms with van der Waals surface area (Å²) in [5.41, 5.74) is -1.50. The highest BCUT2D eigenvalue weighted by Crippen LogP contribution is 2.39. The second kappa shape index (κ2) is 8.24. The van der Waals surface area contributed by atoms with Gasteiger partial charge in [-0.2, -0.15) is 23.0 Å². The number of fused-ring (bicyclic) bond motifs is 1. The minimum absolute atomic E-state index is 0.105. The van der Waals surface area contributed by atoms with Gasteiger partial charge in [-0.15, -0.1) is 0 Å². The van der Waals surface area contributed by atoms with Crippen LogP contribution in [-0.4, -0.2) is 52.8 Å². The van der Waals surface area contributed by atoms with E-state index in [1.807, 2.05) is 0 Å². The molecule has 4 rings (SSSR count). The van der Waals surface area contributed by atoms with Gasteiger partial charge in [0.1, 0.15) is 24.8 Å². The molecule has 14 heteroatoms. The number of nitrogens with zero attached hydrogens (tertiary/aromatic N) is 8. The van der Waals surface area contributed by atoms with Crippen LogP contribution >= 0.6 is 11.6 Å². The maximum Gasteiger partial charge on any atom is 0.418 e. The fraction of sp³-hybridized carbons (Fsp3) is 0.211. The highest BCUT2D eigenvalue weighted by molar-refractivity contribution is 6.31. The molecule has 1 N–H and O–H groups in total. The molecule has 0 fully saturated rings. The van der Waals surface area contributed by atoms with E-state index in [9.17, 15) is 23.1 Å². The predicted molar refractivity (Wildman–Crippen MR) is 110 cm³/mol. The third kappa shape index (κ3) is 4.14. The van der Waals surface area contributed by atoms with Crippen molar-refractivity contribution in [2.45, 2.75) is 19.1 Å². The minimum atomic E-state index is -4.66. The van der Waals surface area contributed by atoms with E-state index in [0.717, 1.165) is 18.7 Å². The fourth-order valence-corrected chi connectivity index (χ4v) is 3.48. The normalized spacial score (nSPS) is 12.7. The van der Waals surface area contributed by atoms with E-state index in [-0.39, 0.29) is 33.3 Å². The Balaban J connectivity index is 1.79. The molecule has 0 aliphatic heterocycles. The van der Waals surface area contributed by atoms with Crippen molar-refractivity contribution in [1.29, 1.82) is 0 Å². The molecule has 1 atom stereocenters. The summed E-state index contributed by atoms with van der Waals surface area (Å²) in [7, 11) is 1.61. The third-order valence-corrected chi connectivity index (χ3v) is 5.16. The Hall–Kier alpha value is -3.87. The van der Waals surface area contributed by atoms with E-state index in [4.69, 9.17) is 11.6 Å². The number of benzene rings is 1. The molecule has 170 valence electrons. The van der Waals surface area contributed by atoms with E-state index >= 15 is 0 Å². The van der Waals surface area contributed by atoms with E-state index in [0.29, 0.717) is 5.82 Å². The van der Waals surface area contributed by atoms with Gasteiger partial charge in [-0.1, -0.05) is 11.6 Å². The summed E-state index contributed by atoms with van der Waals surface area (Å²) in [6.45, 7) is 1.73. The Kier molecular flexibility index (Phi) is 5.57. The van der Waals surface area contributed by atoms with Crippen molar-refractivity contribution in [3.8, 4) is 5.82 Å². The number of carboxylic acids is 1. The summed E-state index contributed by atoms with van der Waals surface area (Å²) in [5.74, 6) is -0.568. The van der Waals surface area contributed by atoms with Gasteiger partial charge in [-0.05, 0) is 19.1 Å². The number of hydrogen-bond acceptors (Lipinski definition) is 8. The van der Waals surface area contributed by atoms with Crippen LogP contribution in [0.15, 0.2) is 37.2 Å². The molecular weight excluding hydrogens is 465 g/mol. The summed E-state index contributed by atoms with van der Waals surface area (Å²) in [5, 5.41) is 13.3. The molecule has 0 unspecified atom stereocenters. The predicted octanol–water partition coefficient (Wildman–Crippen LogP) is 3.57. The molecule has 4 aromatic rings. The van der Waals surface area contributed by atoms with E-state index in [2.05, 4.69) is 30.0 Å². The number of carboxylic acid groups (broad SMARTS) is 1. The number of aromatic carboxylic acids is 1. The molecule has 0 bridgehead atoms. The zero-order valence-electron chi connectivity index (χ0n) is 17.0. The number of alkyl halides is 3. The summed E-state index contributed by atoms with van der Waals surface area (Å²) in [4.78, 5) is 32.7. The maximum atomic E-state index is 13.5. The van der Waals surface area contributed by atoms with Crippen LogP contribution in [0.1, 0.15) is 34.8 Å². The van der Waals surface area contributed by atoms with Crippen molar-refractivity contribution in [3.05, 3.63) is 59.3 Å². The van der Waals surface area contributed by atoms with Gasteiger partial charge in [0.15, 0.2) is 17.3 Å². The van der Waals surface area contributed by atoms with Gasteiger partial charge in [0.25, 0.3) is 0 Å². The third-order valence-electron chi connectivity index (χ3n) is 4.94. The molecule has 0 aliphatic carbocycles. The molecule has 0 radical (unpaired) electrons. The number of hydrogen-bond donors (Lipinski definition) is 1. The molecule has 0 amide bonds. The lowest BCUT2D eigenvalue weighted by Gasteiger charge is -2.26. The summed E-state index contributed by atoms with van der Waals surface area (Å²) in [6, 6.07) is 2.82. The van der Waals surface area contributed by atoms with Gasteiger partial charge in [-0.3, -0.25) is 0 Å². The van der Waals surface area contributed by atoms with Crippen molar-refractivity contribution < 1.29 is 23.1 Å². The molecule has 0 saturated heterocycles. The fourth-order valence-electron chi connectivity index (χ4n) is 3.27. The van der Waals surface area contributed by atoms with Crippen molar-refractivity contribution in [2.75, 3.05) is 11.9 Å². The average Bonchev–Trinajstić information content (AvgIpc) is 3.26. The van der Waals surface area contributed by atoms with Gasteiger partial charge < -0.3 is 10.0 Å². The largest absolute Gasteiger partial charge is 0.477 e. The maximum absolute atomic E-state index is 13.5. The number of carbonyl (C=O) groups is 1. The second-order valence-corrected chi connectivity index (χ2v) is 7.36. The number of halogens is 4. The summed E-state index contributed by atoms with van der Waals surface area (Å²) >= 11 is 5.97. The SMILES string of the molecule is C[C@@H](c1ncnn1-c1cc(C(=O)O)ncn1)N(C)c1ncnc2c(C(F)(F)F)cc(Cl)cc12. The van der Waals surface area contributed by atoms with Crippen LogP contribution in [0.3, 0.4) is 0 Å². The molecule has 3 heterocycles. The van der Waals surface area contributed by atoms with Gasteiger partial charge in [0, 0.05) is 23.5 Å². The van der Waals surface area contributed by atoms with Crippen LogP contribution in [0.5, 0.6) is 0 Å². The topological polar surface area (TPSA) is 123 Å². The van der Waals surface area contributed by atoms with Crippen molar-refractivity contribution in [1.82, 2.24) is 34.7 Å². The highest BCUT2D eigenvalue weighted by atomic mass is 35.5. The Bertz CT molecular complexity index is 1360. The lowest BCUT2D eigenvalue weighted by Crippen LogP contribution is -2.26. The molecule has 33 heavy (non-hydrogen) atoms. The zero-order chi connectivity index (χ0) is 23.9. The Morgan fingerprint density at radius 2 is 1.82 bits per heavy atom. The van der Waals surface area contributed by atoms with Gasteiger partial charge in [-0.25, -0.2) is 29.7 Å². The second-order valence-electron chi connectivity index (χ2n) is 6.93. The quantitative estimate of drug-likeness (QED) is 0.458. The average molecular weight is 479 g/mol. The van der Waals surface area contributed by atoms with Gasteiger partial charge in [0.05, 0.1) is 17.1 Å².